The van der Waals surface area contributed by atoms with Gasteiger partial charge in [-0.2, -0.15) is 0 Å². The van der Waals surface area contributed by atoms with Gasteiger partial charge in [0.25, 0.3) is 0 Å². The van der Waals surface area contributed by atoms with Gasteiger partial charge < -0.3 is 30.4 Å². The standard InChI is InChI=1S/C25H30N2O6/c1-30-24-16-22(32-13-11-26)9-5-18(24)3-7-20(28)15-21(29)8-4-19-6-10-23(33-14-12-27)17-25(19)31-2/h3-10,16-17H,11-15,26-27H2,1-2H3/b7-3+,8-4+. The van der Waals surface area contributed by atoms with Crippen LogP contribution >= 0.6 is 0 Å². The van der Waals surface area contributed by atoms with E-state index in [1.807, 2.05) is 0 Å². The van der Waals surface area contributed by atoms with E-state index in [0.29, 0.717) is 60.4 Å². The molecule has 0 atom stereocenters. The van der Waals surface area contributed by atoms with Crippen LogP contribution in [0.15, 0.2) is 48.6 Å². The van der Waals surface area contributed by atoms with Crippen LogP contribution in [0.1, 0.15) is 17.5 Å². The third-order valence-corrected chi connectivity index (χ3v) is 4.43. The fourth-order valence-corrected chi connectivity index (χ4v) is 2.85. The van der Waals surface area contributed by atoms with E-state index >= 15 is 0 Å². The van der Waals surface area contributed by atoms with Gasteiger partial charge in [-0.3, -0.25) is 9.59 Å². The number of carbonyl (C=O) groups is 2. The maximum atomic E-state index is 12.2. The van der Waals surface area contributed by atoms with E-state index in [9.17, 15) is 9.59 Å². The molecule has 0 aromatic heterocycles. The minimum atomic E-state index is -0.326. The lowest BCUT2D eigenvalue weighted by atomic mass is 10.1. The average molecular weight is 455 g/mol. The molecule has 176 valence electrons. The molecule has 0 aliphatic carbocycles. The SMILES string of the molecule is COc1cc(OCCN)ccc1/C=C/C(=O)CC(=O)/C=C/c1ccc(OCCN)cc1OC. The van der Waals surface area contributed by atoms with E-state index in [1.165, 1.54) is 26.4 Å². The van der Waals surface area contributed by atoms with Crippen molar-refractivity contribution in [2.24, 2.45) is 11.5 Å². The van der Waals surface area contributed by atoms with Crippen molar-refractivity contribution in [2.45, 2.75) is 6.42 Å². The summed E-state index contributed by atoms with van der Waals surface area (Å²) < 4.78 is 21.6. The number of ether oxygens (including phenoxy) is 4. The zero-order valence-electron chi connectivity index (χ0n) is 18.9. The largest absolute Gasteiger partial charge is 0.496 e. The van der Waals surface area contributed by atoms with Crippen molar-refractivity contribution in [2.75, 3.05) is 40.5 Å². The lowest BCUT2D eigenvalue weighted by Crippen LogP contribution is -2.10. The predicted molar refractivity (Wildman–Crippen MR) is 128 cm³/mol. The number of hydrogen-bond acceptors (Lipinski definition) is 8. The second kappa shape index (κ2) is 13.7. The molecule has 0 fully saturated rings. The van der Waals surface area contributed by atoms with E-state index < -0.39 is 0 Å². The summed E-state index contributed by atoms with van der Waals surface area (Å²) in [4.78, 5) is 24.5. The Morgan fingerprint density at radius 1 is 0.758 bits per heavy atom. The summed E-state index contributed by atoms with van der Waals surface area (Å²) in [7, 11) is 3.06. The lowest BCUT2D eigenvalue weighted by molar-refractivity contribution is -0.121. The minimum Gasteiger partial charge on any atom is -0.496 e. The molecule has 33 heavy (non-hydrogen) atoms. The van der Waals surface area contributed by atoms with Crippen molar-refractivity contribution >= 4 is 23.7 Å². The molecule has 0 aliphatic heterocycles. The Kier molecular flexibility index (Phi) is 10.7. The lowest BCUT2D eigenvalue weighted by Gasteiger charge is -2.09. The number of nitrogens with two attached hydrogens (primary N) is 2. The quantitative estimate of drug-likeness (QED) is 0.330. The van der Waals surface area contributed by atoms with Crippen molar-refractivity contribution in [1.82, 2.24) is 0 Å². The molecule has 4 N–H and O–H groups in total. The number of allylic oxidation sites excluding steroid dienone is 2. The molecule has 0 radical (unpaired) electrons. The van der Waals surface area contributed by atoms with Gasteiger partial charge in [-0.15, -0.1) is 0 Å². The van der Waals surface area contributed by atoms with Crippen LogP contribution < -0.4 is 30.4 Å². The van der Waals surface area contributed by atoms with E-state index in [-0.39, 0.29) is 18.0 Å². The van der Waals surface area contributed by atoms with Crippen molar-refractivity contribution in [1.29, 1.82) is 0 Å². The summed E-state index contributed by atoms with van der Waals surface area (Å²) in [6, 6.07) is 10.5. The maximum absolute atomic E-state index is 12.2. The van der Waals surface area contributed by atoms with Crippen LogP contribution in [0, 0.1) is 0 Å². The van der Waals surface area contributed by atoms with Gasteiger partial charge in [0.05, 0.1) is 20.6 Å². The van der Waals surface area contributed by atoms with E-state index in [0.717, 1.165) is 0 Å². The molecular formula is C25H30N2O6. The predicted octanol–water partition coefficient (Wildman–Crippen LogP) is 2.63. The summed E-state index contributed by atoms with van der Waals surface area (Å²) in [6.45, 7) is 1.60. The molecule has 8 nitrogen and oxygen atoms in total. The molecule has 0 amide bonds. The molecule has 8 heteroatoms. The number of rotatable bonds is 14. The average Bonchev–Trinajstić information content (AvgIpc) is 2.83. The van der Waals surface area contributed by atoms with Crippen molar-refractivity contribution in [3.63, 3.8) is 0 Å². The first kappa shape index (κ1) is 25.6. The van der Waals surface area contributed by atoms with Crippen molar-refractivity contribution < 1.29 is 28.5 Å². The Bertz CT molecular complexity index is 921. The molecule has 0 spiro atoms. The van der Waals surface area contributed by atoms with Crippen LogP contribution in [-0.2, 0) is 9.59 Å². The second-order valence-corrected chi connectivity index (χ2v) is 6.86. The summed E-state index contributed by atoms with van der Waals surface area (Å²) >= 11 is 0. The van der Waals surface area contributed by atoms with Crippen LogP contribution in [0.2, 0.25) is 0 Å². The molecule has 2 aromatic carbocycles. The van der Waals surface area contributed by atoms with Crippen LogP contribution in [0.4, 0.5) is 0 Å². The van der Waals surface area contributed by atoms with Gasteiger partial charge in [-0.25, -0.2) is 0 Å². The van der Waals surface area contributed by atoms with Gasteiger partial charge in [0.15, 0.2) is 11.6 Å². The van der Waals surface area contributed by atoms with Gasteiger partial charge >= 0.3 is 0 Å². The van der Waals surface area contributed by atoms with Crippen molar-refractivity contribution in [3.05, 3.63) is 59.7 Å². The zero-order chi connectivity index (χ0) is 24.1. The van der Waals surface area contributed by atoms with Crippen LogP contribution in [0.3, 0.4) is 0 Å². The molecule has 0 saturated carbocycles. The number of benzene rings is 2. The number of ketones is 2. The van der Waals surface area contributed by atoms with E-state index in [2.05, 4.69) is 0 Å². The van der Waals surface area contributed by atoms with Crippen LogP contribution in [0.5, 0.6) is 23.0 Å². The number of hydrogen-bond donors (Lipinski definition) is 2. The molecule has 0 unspecified atom stereocenters. The number of methoxy groups -OCH3 is 2. The summed E-state index contributed by atoms with van der Waals surface area (Å²) in [5.41, 5.74) is 12.3. The van der Waals surface area contributed by atoms with Gasteiger partial charge in [-0.05, 0) is 48.6 Å². The van der Waals surface area contributed by atoms with Gasteiger partial charge in [-0.1, -0.05) is 0 Å². The molecule has 0 heterocycles. The maximum Gasteiger partial charge on any atom is 0.163 e. The fraction of sp³-hybridized carbons (Fsp3) is 0.280. The molecule has 2 rings (SSSR count). The highest BCUT2D eigenvalue weighted by Crippen LogP contribution is 2.27. The van der Waals surface area contributed by atoms with E-state index in [4.69, 9.17) is 30.4 Å². The number of carbonyl (C=O) groups excluding carboxylic acids is 2. The molecular weight excluding hydrogens is 424 g/mol. The Morgan fingerprint density at radius 2 is 1.18 bits per heavy atom. The topological polar surface area (TPSA) is 123 Å². The van der Waals surface area contributed by atoms with Gasteiger partial charge in [0.1, 0.15) is 36.2 Å². The van der Waals surface area contributed by atoms with Crippen LogP contribution in [0.25, 0.3) is 12.2 Å². The molecule has 0 bridgehead atoms. The smallest absolute Gasteiger partial charge is 0.163 e. The fourth-order valence-electron chi connectivity index (χ4n) is 2.85. The summed E-state index contributed by atoms with van der Waals surface area (Å²) in [6.07, 6.45) is 5.66. The molecule has 2 aromatic rings. The van der Waals surface area contributed by atoms with Crippen molar-refractivity contribution in [3.8, 4) is 23.0 Å². The van der Waals surface area contributed by atoms with Gasteiger partial charge in [0.2, 0.25) is 0 Å². The Balaban J connectivity index is 1.98. The Morgan fingerprint density at radius 3 is 1.55 bits per heavy atom. The Labute approximate surface area is 193 Å². The second-order valence-electron chi connectivity index (χ2n) is 6.86. The van der Waals surface area contributed by atoms with Gasteiger partial charge in [0, 0.05) is 36.3 Å². The highest BCUT2D eigenvalue weighted by molar-refractivity contribution is 6.11. The zero-order valence-corrected chi connectivity index (χ0v) is 18.9. The molecule has 0 saturated heterocycles. The third-order valence-electron chi connectivity index (χ3n) is 4.43. The first-order valence-electron chi connectivity index (χ1n) is 10.4. The first-order chi connectivity index (χ1) is 16.0. The highest BCUT2D eigenvalue weighted by atomic mass is 16.5. The third kappa shape index (κ3) is 8.44. The van der Waals surface area contributed by atoms with Crippen LogP contribution in [-0.4, -0.2) is 52.1 Å². The summed E-state index contributed by atoms with van der Waals surface area (Å²) in [5.74, 6) is 1.68. The Hall–Kier alpha value is -3.62. The van der Waals surface area contributed by atoms with E-state index in [1.54, 1.807) is 48.6 Å². The highest BCUT2D eigenvalue weighted by Gasteiger charge is 2.08. The normalized spacial score (nSPS) is 11.0. The molecule has 0 aliphatic rings. The minimum absolute atomic E-state index is 0.257. The first-order valence-corrected chi connectivity index (χ1v) is 10.4. The monoisotopic (exact) mass is 454 g/mol. The summed E-state index contributed by atoms with van der Waals surface area (Å²) in [5, 5.41) is 0.